The van der Waals surface area contributed by atoms with Crippen LogP contribution in [0, 0.1) is 23.0 Å². The maximum atomic E-state index is 14.3. The smallest absolute Gasteiger partial charge is 0.209 e. The second kappa shape index (κ2) is 6.48. The van der Waals surface area contributed by atoms with Gasteiger partial charge in [0, 0.05) is 12.6 Å². The van der Waals surface area contributed by atoms with E-state index in [1.165, 1.54) is 16.7 Å². The number of nitrogens with zero attached hydrogens (tertiary/aromatic N) is 2. The first-order valence-corrected chi connectivity index (χ1v) is 8.49. The molecule has 0 amide bonds. The van der Waals surface area contributed by atoms with E-state index in [1.807, 2.05) is 6.07 Å². The molecule has 0 unspecified atom stereocenters. The molecule has 0 spiro atoms. The number of hydrogen-bond acceptors (Lipinski definition) is 3. The zero-order valence-electron chi connectivity index (χ0n) is 12.4. The van der Waals surface area contributed by atoms with Crippen LogP contribution in [0.1, 0.15) is 17.7 Å². The second-order valence-electron chi connectivity index (χ2n) is 5.17. The third-order valence-corrected chi connectivity index (χ3v) is 4.38. The first-order chi connectivity index (χ1) is 10.7. The van der Waals surface area contributed by atoms with Crippen LogP contribution in [0.2, 0.25) is 0 Å². The minimum absolute atomic E-state index is 0.0432. The first-order valence-electron chi connectivity index (χ1n) is 6.77. The Morgan fingerprint density at radius 3 is 2.52 bits per heavy atom. The van der Waals surface area contributed by atoms with Crippen molar-refractivity contribution in [1.29, 1.82) is 5.26 Å². The fourth-order valence-corrected chi connectivity index (χ4v) is 2.88. The van der Waals surface area contributed by atoms with Crippen LogP contribution in [0.25, 0.3) is 11.3 Å². The molecule has 0 aliphatic carbocycles. The first kappa shape index (κ1) is 17.1. The van der Waals surface area contributed by atoms with Gasteiger partial charge in [-0.1, -0.05) is 0 Å². The molecule has 1 aromatic carbocycles. The maximum absolute atomic E-state index is 14.3. The molecule has 0 atom stereocenters. The van der Waals surface area contributed by atoms with Crippen molar-refractivity contribution in [3.63, 3.8) is 0 Å². The molecule has 0 aliphatic rings. The third-order valence-electron chi connectivity index (χ3n) is 3.52. The van der Waals surface area contributed by atoms with Gasteiger partial charge >= 0.3 is 0 Å². The summed E-state index contributed by atoms with van der Waals surface area (Å²) in [6.45, 7) is 0. The van der Waals surface area contributed by atoms with Gasteiger partial charge in [0.15, 0.2) is 0 Å². The van der Waals surface area contributed by atoms with Crippen LogP contribution in [0.5, 0.6) is 0 Å². The number of hydrogen-bond donors (Lipinski definition) is 1. The Hall–Kier alpha value is -2.24. The Bertz CT molecular complexity index is 883. The minimum atomic E-state index is -3.62. The number of nitriles is 1. The molecule has 2 N–H and O–H groups in total. The number of aromatic nitrogens is 1. The van der Waals surface area contributed by atoms with Crippen molar-refractivity contribution in [2.24, 2.45) is 12.2 Å². The summed E-state index contributed by atoms with van der Waals surface area (Å²) in [6, 6.07) is 7.11. The standard InChI is InChI=1S/C15H15F2N3O2S/c1-20-11(9-18)4-5-15(20)12-8-13(16)10(7-14(12)17)3-2-6-23(19,21)22/h4-5,7-8H,2-3,6H2,1H3,(H2,19,21,22). The quantitative estimate of drug-likeness (QED) is 0.904. The number of aryl methyl sites for hydroxylation is 1. The van der Waals surface area contributed by atoms with Crippen LogP contribution in [0.3, 0.4) is 0 Å². The van der Waals surface area contributed by atoms with E-state index in [-0.39, 0.29) is 29.7 Å². The van der Waals surface area contributed by atoms with Crippen molar-refractivity contribution in [1.82, 2.24) is 4.57 Å². The third kappa shape index (κ3) is 3.94. The van der Waals surface area contributed by atoms with Gasteiger partial charge in [-0.2, -0.15) is 5.26 Å². The van der Waals surface area contributed by atoms with E-state index >= 15 is 0 Å². The van der Waals surface area contributed by atoms with E-state index in [0.717, 1.165) is 12.1 Å². The summed E-state index contributed by atoms with van der Waals surface area (Å²) in [5.41, 5.74) is 0.845. The summed E-state index contributed by atoms with van der Waals surface area (Å²) in [7, 11) is -2.04. The molecule has 23 heavy (non-hydrogen) atoms. The van der Waals surface area contributed by atoms with E-state index in [1.54, 1.807) is 7.05 Å². The summed E-state index contributed by atoms with van der Waals surface area (Å²) >= 11 is 0. The molecule has 2 aromatic rings. The molecule has 0 saturated carbocycles. The van der Waals surface area contributed by atoms with Gasteiger partial charge in [0.25, 0.3) is 0 Å². The number of rotatable bonds is 5. The number of benzene rings is 1. The molecule has 0 aliphatic heterocycles. The van der Waals surface area contributed by atoms with Crippen molar-refractivity contribution in [2.75, 3.05) is 5.75 Å². The van der Waals surface area contributed by atoms with Crippen molar-refractivity contribution in [3.8, 4) is 17.3 Å². The summed E-state index contributed by atoms with van der Waals surface area (Å²) in [5.74, 6) is -1.56. The number of sulfonamides is 1. The fraction of sp³-hybridized carbons (Fsp3) is 0.267. The summed E-state index contributed by atoms with van der Waals surface area (Å²) in [6.07, 6.45) is 0.174. The number of nitrogens with two attached hydrogens (primary N) is 1. The zero-order chi connectivity index (χ0) is 17.2. The van der Waals surface area contributed by atoms with Gasteiger partial charge in [0.2, 0.25) is 10.0 Å². The molecule has 0 saturated heterocycles. The minimum Gasteiger partial charge on any atom is -0.335 e. The lowest BCUT2D eigenvalue weighted by Gasteiger charge is -2.09. The average Bonchev–Trinajstić information content (AvgIpc) is 2.82. The predicted octanol–water partition coefficient (Wildman–Crippen LogP) is 2.06. The summed E-state index contributed by atoms with van der Waals surface area (Å²) in [5, 5.41) is 13.8. The molecule has 5 nitrogen and oxygen atoms in total. The molecule has 0 fully saturated rings. The molecule has 1 heterocycles. The highest BCUT2D eigenvalue weighted by atomic mass is 32.2. The lowest BCUT2D eigenvalue weighted by Crippen LogP contribution is -2.17. The number of primary sulfonamides is 1. The molecule has 2 rings (SSSR count). The lowest BCUT2D eigenvalue weighted by atomic mass is 10.0. The van der Waals surface area contributed by atoms with E-state index in [0.29, 0.717) is 11.4 Å². The Balaban J connectivity index is 2.30. The molecule has 122 valence electrons. The van der Waals surface area contributed by atoms with E-state index < -0.39 is 21.7 Å². The molecule has 0 radical (unpaired) electrons. The Labute approximate surface area is 133 Å². The zero-order valence-corrected chi connectivity index (χ0v) is 13.2. The molecule has 8 heteroatoms. The van der Waals surface area contributed by atoms with Crippen molar-refractivity contribution in [3.05, 3.63) is 47.2 Å². The normalized spacial score (nSPS) is 11.4. The summed E-state index contributed by atoms with van der Waals surface area (Å²) < 4.78 is 51.6. The molecular formula is C15H15F2N3O2S. The van der Waals surface area contributed by atoms with Crippen LogP contribution in [-0.4, -0.2) is 18.7 Å². The van der Waals surface area contributed by atoms with Crippen LogP contribution in [-0.2, 0) is 23.5 Å². The van der Waals surface area contributed by atoms with Gasteiger partial charge in [-0.3, -0.25) is 0 Å². The highest BCUT2D eigenvalue weighted by Gasteiger charge is 2.15. The van der Waals surface area contributed by atoms with Crippen LogP contribution >= 0.6 is 0 Å². The van der Waals surface area contributed by atoms with Crippen LogP contribution in [0.4, 0.5) is 8.78 Å². The Morgan fingerprint density at radius 2 is 1.96 bits per heavy atom. The Morgan fingerprint density at radius 1 is 1.26 bits per heavy atom. The highest BCUT2D eigenvalue weighted by Crippen LogP contribution is 2.27. The van der Waals surface area contributed by atoms with Crippen molar-refractivity contribution in [2.45, 2.75) is 12.8 Å². The van der Waals surface area contributed by atoms with Gasteiger partial charge < -0.3 is 4.57 Å². The van der Waals surface area contributed by atoms with Crippen molar-refractivity contribution >= 4 is 10.0 Å². The van der Waals surface area contributed by atoms with Crippen LogP contribution in [0.15, 0.2) is 24.3 Å². The SMILES string of the molecule is Cn1c(C#N)ccc1-c1cc(F)c(CCCS(N)(=O)=O)cc1F. The fourth-order valence-electron chi connectivity index (χ4n) is 2.33. The second-order valence-corrected chi connectivity index (χ2v) is 6.90. The lowest BCUT2D eigenvalue weighted by molar-refractivity contribution is 0.580. The van der Waals surface area contributed by atoms with Crippen molar-refractivity contribution < 1.29 is 17.2 Å². The number of halogens is 2. The Kier molecular flexibility index (Phi) is 4.82. The van der Waals surface area contributed by atoms with Gasteiger partial charge in [-0.15, -0.1) is 0 Å². The maximum Gasteiger partial charge on any atom is 0.209 e. The van der Waals surface area contributed by atoms with Gasteiger partial charge in [0.1, 0.15) is 23.4 Å². The molecular weight excluding hydrogens is 324 g/mol. The molecule has 1 aromatic heterocycles. The topological polar surface area (TPSA) is 88.9 Å². The van der Waals surface area contributed by atoms with Crippen LogP contribution < -0.4 is 5.14 Å². The van der Waals surface area contributed by atoms with E-state index in [9.17, 15) is 17.2 Å². The van der Waals surface area contributed by atoms with E-state index in [2.05, 4.69) is 0 Å². The van der Waals surface area contributed by atoms with Gasteiger partial charge in [-0.25, -0.2) is 22.3 Å². The predicted molar refractivity (Wildman–Crippen MR) is 81.8 cm³/mol. The van der Waals surface area contributed by atoms with Gasteiger partial charge in [0.05, 0.1) is 11.4 Å². The largest absolute Gasteiger partial charge is 0.335 e. The monoisotopic (exact) mass is 339 g/mol. The summed E-state index contributed by atoms with van der Waals surface area (Å²) in [4.78, 5) is 0. The molecule has 0 bridgehead atoms. The van der Waals surface area contributed by atoms with Gasteiger partial charge in [-0.05, 0) is 42.7 Å². The average molecular weight is 339 g/mol. The van der Waals surface area contributed by atoms with E-state index in [4.69, 9.17) is 10.4 Å². The highest BCUT2D eigenvalue weighted by molar-refractivity contribution is 7.89.